The summed E-state index contributed by atoms with van der Waals surface area (Å²) in [6.07, 6.45) is 2.17. The van der Waals surface area contributed by atoms with Gasteiger partial charge in [0.1, 0.15) is 0 Å². The fourth-order valence-corrected chi connectivity index (χ4v) is 3.16. The number of anilines is 1. The van der Waals surface area contributed by atoms with Gasteiger partial charge in [-0.3, -0.25) is 4.79 Å². The molecule has 1 aliphatic rings. The Morgan fingerprint density at radius 1 is 1.13 bits per heavy atom. The molecule has 0 saturated heterocycles. The minimum Gasteiger partial charge on any atom is -0.336 e. The highest BCUT2D eigenvalue weighted by molar-refractivity contribution is 6.04. The highest BCUT2D eigenvalue weighted by atomic mass is 16.2. The molecule has 0 aliphatic heterocycles. The van der Waals surface area contributed by atoms with Crippen LogP contribution in [0.3, 0.4) is 0 Å². The number of hydrogen-bond donors (Lipinski definition) is 3. The molecule has 1 fully saturated rings. The molecule has 1 heterocycles. The molecule has 9 heteroatoms. The number of urea groups is 1. The van der Waals surface area contributed by atoms with Crippen molar-refractivity contribution in [1.29, 1.82) is 0 Å². The van der Waals surface area contributed by atoms with E-state index in [1.54, 1.807) is 12.1 Å². The van der Waals surface area contributed by atoms with E-state index < -0.39 is 0 Å². The third-order valence-corrected chi connectivity index (χ3v) is 4.85. The summed E-state index contributed by atoms with van der Waals surface area (Å²) in [5, 5.41) is 20.5. The van der Waals surface area contributed by atoms with E-state index in [1.807, 2.05) is 54.9 Å². The Morgan fingerprint density at radius 3 is 2.61 bits per heavy atom. The molecule has 3 aromatic rings. The molecular formula is C22H25N7O2. The summed E-state index contributed by atoms with van der Waals surface area (Å²) in [5.41, 5.74) is 2.97. The Morgan fingerprint density at radius 2 is 1.90 bits per heavy atom. The lowest BCUT2D eigenvalue weighted by molar-refractivity contribution is 0.102. The van der Waals surface area contributed by atoms with Crippen molar-refractivity contribution < 1.29 is 9.59 Å². The number of carbonyl (C=O) groups is 2. The maximum Gasteiger partial charge on any atom is 0.315 e. The SMILES string of the molecule is CC(C)NC(=O)NCc1ccc(C(=O)Nc2cccc(-c3nnnn3C3CC3)c2)cc1. The third kappa shape index (κ3) is 5.25. The quantitative estimate of drug-likeness (QED) is 0.544. The van der Waals surface area contributed by atoms with Gasteiger partial charge in [-0.05, 0) is 66.9 Å². The van der Waals surface area contributed by atoms with Crippen LogP contribution in [0.5, 0.6) is 0 Å². The van der Waals surface area contributed by atoms with Crippen molar-refractivity contribution in [3.8, 4) is 11.4 Å². The molecule has 3 amide bonds. The fourth-order valence-electron chi connectivity index (χ4n) is 3.16. The summed E-state index contributed by atoms with van der Waals surface area (Å²) >= 11 is 0. The summed E-state index contributed by atoms with van der Waals surface area (Å²) in [6, 6.07) is 14.9. The Hall–Kier alpha value is -3.75. The number of amides is 3. The van der Waals surface area contributed by atoms with Crippen molar-refractivity contribution in [3.05, 3.63) is 59.7 Å². The van der Waals surface area contributed by atoms with Crippen LogP contribution in [-0.4, -0.2) is 38.2 Å². The van der Waals surface area contributed by atoms with E-state index in [0.717, 1.165) is 24.0 Å². The van der Waals surface area contributed by atoms with Crippen molar-refractivity contribution >= 4 is 17.6 Å². The van der Waals surface area contributed by atoms with Crippen LogP contribution in [0.2, 0.25) is 0 Å². The van der Waals surface area contributed by atoms with E-state index in [2.05, 4.69) is 31.5 Å². The Kier molecular flexibility index (Phi) is 5.92. The first kappa shape index (κ1) is 20.5. The van der Waals surface area contributed by atoms with E-state index >= 15 is 0 Å². The Labute approximate surface area is 180 Å². The van der Waals surface area contributed by atoms with Crippen LogP contribution in [0.1, 0.15) is 48.7 Å². The molecule has 0 atom stereocenters. The average Bonchev–Trinajstić information content (AvgIpc) is 3.48. The molecule has 1 aliphatic carbocycles. The smallest absolute Gasteiger partial charge is 0.315 e. The zero-order valence-electron chi connectivity index (χ0n) is 17.5. The largest absolute Gasteiger partial charge is 0.336 e. The number of carbonyl (C=O) groups excluding carboxylic acids is 2. The first-order chi connectivity index (χ1) is 15.0. The van der Waals surface area contributed by atoms with Gasteiger partial charge in [0.05, 0.1) is 6.04 Å². The number of nitrogens with zero attached hydrogens (tertiary/aromatic N) is 4. The summed E-state index contributed by atoms with van der Waals surface area (Å²) in [4.78, 5) is 24.3. The number of tetrazole rings is 1. The molecule has 0 unspecified atom stereocenters. The lowest BCUT2D eigenvalue weighted by Crippen LogP contribution is -2.39. The maximum atomic E-state index is 12.7. The highest BCUT2D eigenvalue weighted by Gasteiger charge is 2.28. The molecule has 0 radical (unpaired) electrons. The molecule has 0 bridgehead atoms. The second kappa shape index (κ2) is 8.95. The molecule has 1 aromatic heterocycles. The number of aromatic nitrogens is 4. The number of hydrogen-bond acceptors (Lipinski definition) is 5. The number of benzene rings is 2. The van der Waals surface area contributed by atoms with Crippen LogP contribution >= 0.6 is 0 Å². The van der Waals surface area contributed by atoms with Crippen molar-refractivity contribution in [1.82, 2.24) is 30.8 Å². The van der Waals surface area contributed by atoms with Gasteiger partial charge in [-0.1, -0.05) is 24.3 Å². The highest BCUT2D eigenvalue weighted by Crippen LogP contribution is 2.36. The van der Waals surface area contributed by atoms with Gasteiger partial charge in [0.15, 0.2) is 5.82 Å². The maximum absolute atomic E-state index is 12.7. The van der Waals surface area contributed by atoms with E-state index in [9.17, 15) is 9.59 Å². The topological polar surface area (TPSA) is 114 Å². The second-order valence-corrected chi connectivity index (χ2v) is 7.89. The first-order valence-electron chi connectivity index (χ1n) is 10.3. The van der Waals surface area contributed by atoms with Crippen molar-refractivity contribution in [3.63, 3.8) is 0 Å². The zero-order valence-corrected chi connectivity index (χ0v) is 17.5. The van der Waals surface area contributed by atoms with E-state index in [4.69, 9.17) is 0 Å². The summed E-state index contributed by atoms with van der Waals surface area (Å²) in [7, 11) is 0. The Balaban J connectivity index is 1.38. The van der Waals surface area contributed by atoms with Crippen LogP contribution in [-0.2, 0) is 6.54 Å². The van der Waals surface area contributed by atoms with Crippen molar-refractivity contribution in [2.24, 2.45) is 0 Å². The minimum atomic E-state index is -0.218. The second-order valence-electron chi connectivity index (χ2n) is 7.89. The lowest BCUT2D eigenvalue weighted by atomic mass is 10.1. The van der Waals surface area contributed by atoms with Crippen LogP contribution in [0.15, 0.2) is 48.5 Å². The fraction of sp³-hybridized carbons (Fsp3) is 0.318. The minimum absolute atomic E-state index is 0.0749. The molecule has 31 heavy (non-hydrogen) atoms. The molecule has 1 saturated carbocycles. The molecule has 9 nitrogen and oxygen atoms in total. The van der Waals surface area contributed by atoms with E-state index in [-0.39, 0.29) is 18.0 Å². The molecule has 3 N–H and O–H groups in total. The summed E-state index contributed by atoms with van der Waals surface area (Å²) < 4.78 is 1.84. The normalized spacial score (nSPS) is 13.1. The predicted molar refractivity (Wildman–Crippen MR) is 116 cm³/mol. The molecule has 4 rings (SSSR count). The summed E-state index contributed by atoms with van der Waals surface area (Å²) in [5.74, 6) is 0.493. The van der Waals surface area contributed by atoms with Gasteiger partial charge >= 0.3 is 6.03 Å². The van der Waals surface area contributed by atoms with Gasteiger partial charge in [0, 0.05) is 29.4 Å². The van der Waals surface area contributed by atoms with Gasteiger partial charge in [-0.2, -0.15) is 0 Å². The predicted octanol–water partition coefficient (Wildman–Crippen LogP) is 3.13. The van der Waals surface area contributed by atoms with Crippen molar-refractivity contribution in [2.45, 2.75) is 45.3 Å². The van der Waals surface area contributed by atoms with Crippen LogP contribution in [0, 0.1) is 0 Å². The van der Waals surface area contributed by atoms with Gasteiger partial charge in [0.25, 0.3) is 5.91 Å². The average molecular weight is 419 g/mol. The zero-order chi connectivity index (χ0) is 21.8. The van der Waals surface area contributed by atoms with Crippen molar-refractivity contribution in [2.75, 3.05) is 5.32 Å². The van der Waals surface area contributed by atoms with Gasteiger partial charge < -0.3 is 16.0 Å². The Bertz CT molecular complexity index is 1070. The molecule has 0 spiro atoms. The number of nitrogens with one attached hydrogen (secondary N) is 3. The number of rotatable bonds is 7. The van der Waals surface area contributed by atoms with Gasteiger partial charge in [0.2, 0.25) is 0 Å². The molecular weight excluding hydrogens is 394 g/mol. The third-order valence-electron chi connectivity index (χ3n) is 4.85. The standard InChI is InChI=1S/C22H25N7O2/c1-14(2)24-22(31)23-13-15-6-8-16(9-7-15)21(30)25-18-5-3-4-17(12-18)20-26-27-28-29(20)19-10-11-19/h3-9,12,14,19H,10-11,13H2,1-2H3,(H,25,30)(H2,23,24,31). The molecule has 2 aromatic carbocycles. The van der Waals surface area contributed by atoms with Gasteiger partial charge in [-0.15, -0.1) is 5.10 Å². The monoisotopic (exact) mass is 419 g/mol. The van der Waals surface area contributed by atoms with E-state index in [0.29, 0.717) is 29.7 Å². The van der Waals surface area contributed by atoms with Crippen LogP contribution in [0.25, 0.3) is 11.4 Å². The molecule has 160 valence electrons. The summed E-state index contributed by atoms with van der Waals surface area (Å²) in [6.45, 7) is 4.19. The van der Waals surface area contributed by atoms with Crippen LogP contribution in [0.4, 0.5) is 10.5 Å². The lowest BCUT2D eigenvalue weighted by Gasteiger charge is -2.11. The van der Waals surface area contributed by atoms with E-state index in [1.165, 1.54) is 0 Å². The van der Waals surface area contributed by atoms with Crippen LogP contribution < -0.4 is 16.0 Å². The first-order valence-corrected chi connectivity index (χ1v) is 10.3. The van der Waals surface area contributed by atoms with Gasteiger partial charge in [-0.25, -0.2) is 9.48 Å².